The number of anilines is 1. The predicted octanol–water partition coefficient (Wildman–Crippen LogP) is 7.67. The maximum Gasteiger partial charge on any atom is 0.261 e. The van der Waals surface area contributed by atoms with Gasteiger partial charge in [0.1, 0.15) is 10.8 Å². The van der Waals surface area contributed by atoms with E-state index in [1.807, 2.05) is 60.7 Å². The van der Waals surface area contributed by atoms with Gasteiger partial charge < -0.3 is 10.1 Å². The average molecular weight is 583 g/mol. The Morgan fingerprint density at radius 1 is 1.09 bits per heavy atom. The molecule has 2 N–H and O–H groups in total. The molecule has 1 aromatic heterocycles. The van der Waals surface area contributed by atoms with Crippen LogP contribution in [0.15, 0.2) is 77.3 Å². The van der Waals surface area contributed by atoms with Crippen LogP contribution < -0.4 is 15.4 Å². The van der Waals surface area contributed by atoms with Crippen LogP contribution in [-0.4, -0.2) is 23.1 Å². The zero-order chi connectivity index (χ0) is 24.5. The van der Waals surface area contributed by atoms with E-state index in [-0.39, 0.29) is 5.11 Å². The van der Waals surface area contributed by atoms with E-state index in [9.17, 15) is 4.79 Å². The summed E-state index contributed by atoms with van der Waals surface area (Å²) in [5.41, 5.74) is 2.76. The summed E-state index contributed by atoms with van der Waals surface area (Å²) in [7, 11) is 1.52. The van der Waals surface area contributed by atoms with Crippen molar-refractivity contribution < 1.29 is 9.53 Å². The number of rotatable bonds is 4. The number of carbonyl (C=O) groups excluding carboxylic acids is 1. The summed E-state index contributed by atoms with van der Waals surface area (Å²) in [6.07, 6.45) is 0. The first-order valence-corrected chi connectivity index (χ1v) is 12.9. The van der Waals surface area contributed by atoms with Crippen LogP contribution in [0.25, 0.3) is 31.6 Å². The molecular formula is C26H17BrClN3O2S2. The van der Waals surface area contributed by atoms with E-state index in [0.29, 0.717) is 26.5 Å². The first-order valence-electron chi connectivity index (χ1n) is 10.5. The highest BCUT2D eigenvalue weighted by Gasteiger charge is 2.19. The van der Waals surface area contributed by atoms with Crippen molar-refractivity contribution in [2.45, 2.75) is 0 Å². The van der Waals surface area contributed by atoms with Crippen molar-refractivity contribution in [3.05, 3.63) is 87.9 Å². The van der Waals surface area contributed by atoms with E-state index in [2.05, 4.69) is 26.6 Å². The van der Waals surface area contributed by atoms with Gasteiger partial charge in [-0.25, -0.2) is 4.98 Å². The zero-order valence-electron chi connectivity index (χ0n) is 18.3. The number of nitrogens with zero attached hydrogens (tertiary/aromatic N) is 1. The van der Waals surface area contributed by atoms with Gasteiger partial charge in [-0.2, -0.15) is 0 Å². The normalized spacial score (nSPS) is 10.9. The van der Waals surface area contributed by atoms with Gasteiger partial charge in [-0.3, -0.25) is 10.1 Å². The van der Waals surface area contributed by atoms with E-state index >= 15 is 0 Å². The Kier molecular flexibility index (Phi) is 6.71. The van der Waals surface area contributed by atoms with E-state index in [1.165, 1.54) is 7.11 Å². The Bertz CT molecular complexity index is 1590. The van der Waals surface area contributed by atoms with Gasteiger partial charge in [-0.1, -0.05) is 54.1 Å². The van der Waals surface area contributed by atoms with Crippen molar-refractivity contribution in [2.24, 2.45) is 0 Å². The topological polar surface area (TPSA) is 63.2 Å². The van der Waals surface area contributed by atoms with Crippen molar-refractivity contribution in [1.29, 1.82) is 0 Å². The van der Waals surface area contributed by atoms with Gasteiger partial charge in [0.2, 0.25) is 0 Å². The quantitative estimate of drug-likeness (QED) is 0.213. The van der Waals surface area contributed by atoms with Crippen molar-refractivity contribution in [3.8, 4) is 16.3 Å². The molecule has 9 heteroatoms. The van der Waals surface area contributed by atoms with Crippen molar-refractivity contribution >= 4 is 88.8 Å². The Hall–Kier alpha value is -3.04. The molecule has 0 spiro atoms. The van der Waals surface area contributed by atoms with Crippen LogP contribution in [0.5, 0.6) is 5.75 Å². The second-order valence-corrected chi connectivity index (χ2v) is 10.2. The number of fused-ring (bicyclic) bond motifs is 2. The number of hydrogen-bond acceptors (Lipinski definition) is 5. The van der Waals surface area contributed by atoms with Crippen LogP contribution in [0.1, 0.15) is 10.4 Å². The lowest BCUT2D eigenvalue weighted by molar-refractivity contribution is 0.0975. The van der Waals surface area contributed by atoms with E-state index in [4.69, 9.17) is 33.5 Å². The first-order chi connectivity index (χ1) is 16.9. The molecule has 0 atom stereocenters. The van der Waals surface area contributed by atoms with Gasteiger partial charge in [0.05, 0.1) is 38.1 Å². The van der Waals surface area contributed by atoms with Crippen LogP contribution in [0.3, 0.4) is 0 Å². The fraction of sp³-hybridized carbons (Fsp3) is 0.0385. The van der Waals surface area contributed by atoms with Crippen molar-refractivity contribution in [3.63, 3.8) is 0 Å². The van der Waals surface area contributed by atoms with Crippen LogP contribution in [0, 0.1) is 0 Å². The van der Waals surface area contributed by atoms with E-state index < -0.39 is 5.91 Å². The molecule has 0 saturated heterocycles. The number of aromatic nitrogens is 1. The Balaban J connectivity index is 1.39. The number of para-hydroxylation sites is 1. The number of thiocarbonyl (C=S) groups is 1. The Morgan fingerprint density at radius 3 is 2.66 bits per heavy atom. The first kappa shape index (κ1) is 23.7. The third-order valence-corrected chi connectivity index (χ3v) is 7.78. The highest BCUT2D eigenvalue weighted by Crippen LogP contribution is 2.37. The highest BCUT2D eigenvalue weighted by molar-refractivity contribution is 9.10. The van der Waals surface area contributed by atoms with Crippen LogP contribution >= 0.6 is 51.1 Å². The predicted molar refractivity (Wildman–Crippen MR) is 152 cm³/mol. The zero-order valence-corrected chi connectivity index (χ0v) is 22.2. The molecule has 0 bridgehead atoms. The third kappa shape index (κ3) is 4.75. The number of hydrogen-bond donors (Lipinski definition) is 2. The fourth-order valence-corrected chi connectivity index (χ4v) is 5.79. The molecule has 0 aliphatic carbocycles. The number of methoxy groups -OCH3 is 1. The molecule has 1 amide bonds. The molecule has 0 aliphatic rings. The number of thiazole rings is 1. The number of amides is 1. The summed E-state index contributed by atoms with van der Waals surface area (Å²) in [6.45, 7) is 0. The maximum absolute atomic E-state index is 13.1. The van der Waals surface area contributed by atoms with Gasteiger partial charge in [0.25, 0.3) is 5.91 Å². The van der Waals surface area contributed by atoms with Crippen LogP contribution in [0.2, 0.25) is 5.02 Å². The number of benzene rings is 4. The molecule has 174 valence electrons. The second-order valence-electron chi connectivity index (χ2n) is 7.58. The molecule has 0 radical (unpaired) electrons. The lowest BCUT2D eigenvalue weighted by atomic mass is 10.1. The van der Waals surface area contributed by atoms with Crippen molar-refractivity contribution in [1.82, 2.24) is 10.3 Å². The van der Waals surface area contributed by atoms with Crippen LogP contribution in [-0.2, 0) is 0 Å². The molecule has 5 aromatic rings. The summed E-state index contributed by atoms with van der Waals surface area (Å²) < 4.78 is 7.32. The molecule has 1 heterocycles. The van der Waals surface area contributed by atoms with E-state index in [0.717, 1.165) is 31.6 Å². The Labute approximate surface area is 224 Å². The molecule has 5 rings (SSSR count). The average Bonchev–Trinajstić information content (AvgIpc) is 3.29. The summed E-state index contributed by atoms with van der Waals surface area (Å²) in [6, 6.07) is 23.0. The highest BCUT2D eigenvalue weighted by atomic mass is 79.9. The minimum atomic E-state index is -0.399. The molecule has 5 nitrogen and oxygen atoms in total. The number of ether oxygens (including phenoxy) is 1. The van der Waals surface area contributed by atoms with Gasteiger partial charge in [0.15, 0.2) is 5.11 Å². The smallest absolute Gasteiger partial charge is 0.261 e. The van der Waals surface area contributed by atoms with Gasteiger partial charge in [-0.15, -0.1) is 11.3 Å². The molecule has 0 fully saturated rings. The SMILES string of the molecule is COc1c(C(=O)NC(=S)Nc2cc(-c3nc4ccccc4s3)ccc2Cl)cc2ccccc2c1Br. The molecule has 4 aromatic carbocycles. The largest absolute Gasteiger partial charge is 0.495 e. The van der Waals surface area contributed by atoms with Crippen LogP contribution in [0.4, 0.5) is 5.69 Å². The lowest BCUT2D eigenvalue weighted by Crippen LogP contribution is -2.34. The fourth-order valence-electron chi connectivity index (χ4n) is 3.73. The van der Waals surface area contributed by atoms with Gasteiger partial charge in [0, 0.05) is 5.56 Å². The van der Waals surface area contributed by atoms with Gasteiger partial charge in [-0.05, 0) is 69.3 Å². The summed E-state index contributed by atoms with van der Waals surface area (Å²) in [5.74, 6) is 0.0316. The molecular weight excluding hydrogens is 566 g/mol. The maximum atomic E-state index is 13.1. The summed E-state index contributed by atoms with van der Waals surface area (Å²) in [4.78, 5) is 17.8. The number of carbonyl (C=O) groups is 1. The minimum absolute atomic E-state index is 0.115. The molecule has 0 saturated carbocycles. The molecule has 0 unspecified atom stereocenters. The second kappa shape index (κ2) is 9.91. The standard InChI is InChI=1S/C26H17BrClN3O2S2/c1-33-23-17(12-14-6-2-3-7-16(14)22(23)27)24(32)31-26(34)30-20-13-15(10-11-18(20)28)25-29-19-8-4-5-9-21(19)35-25/h2-13H,1H3,(H2,30,31,32,34). The molecule has 35 heavy (non-hydrogen) atoms. The molecule has 0 aliphatic heterocycles. The Morgan fingerprint density at radius 2 is 1.86 bits per heavy atom. The number of nitrogens with one attached hydrogen (secondary N) is 2. The monoisotopic (exact) mass is 581 g/mol. The van der Waals surface area contributed by atoms with Gasteiger partial charge >= 0.3 is 0 Å². The van der Waals surface area contributed by atoms with E-state index in [1.54, 1.807) is 23.5 Å². The summed E-state index contributed by atoms with van der Waals surface area (Å²) in [5, 5.41) is 9.06. The third-order valence-electron chi connectivity index (χ3n) is 5.37. The summed E-state index contributed by atoms with van der Waals surface area (Å²) >= 11 is 17.0. The van der Waals surface area contributed by atoms with Crippen molar-refractivity contribution in [2.75, 3.05) is 12.4 Å². The minimum Gasteiger partial charge on any atom is -0.495 e. The number of halogens is 2. The lowest BCUT2D eigenvalue weighted by Gasteiger charge is -2.15.